The van der Waals surface area contributed by atoms with E-state index in [2.05, 4.69) is 0 Å². The lowest BCUT2D eigenvalue weighted by Gasteiger charge is -2.22. The summed E-state index contributed by atoms with van der Waals surface area (Å²) in [7, 11) is 1.80. The molecule has 19 heavy (non-hydrogen) atoms. The predicted octanol–water partition coefficient (Wildman–Crippen LogP) is 1.67. The minimum absolute atomic E-state index is 0.0535. The van der Waals surface area contributed by atoms with Crippen LogP contribution in [-0.4, -0.2) is 35.6 Å². The molecular formula is C15H19NO3. The van der Waals surface area contributed by atoms with Crippen molar-refractivity contribution in [2.24, 2.45) is 0 Å². The summed E-state index contributed by atoms with van der Waals surface area (Å²) in [5, 5.41) is 9.91. The van der Waals surface area contributed by atoms with Gasteiger partial charge in [0.2, 0.25) is 0 Å². The van der Waals surface area contributed by atoms with Gasteiger partial charge < -0.3 is 14.7 Å². The van der Waals surface area contributed by atoms with Gasteiger partial charge in [-0.15, -0.1) is 0 Å². The maximum Gasteiger partial charge on any atom is 0.263 e. The second kappa shape index (κ2) is 4.85. The third-order valence-electron chi connectivity index (χ3n) is 4.05. The summed E-state index contributed by atoms with van der Waals surface area (Å²) in [5.74, 6) is 0.791. The number of nitrogens with zero attached hydrogens (tertiary/aromatic N) is 1. The highest BCUT2D eigenvalue weighted by Crippen LogP contribution is 2.32. The van der Waals surface area contributed by atoms with Crippen LogP contribution in [0.2, 0.25) is 0 Å². The molecule has 1 amide bonds. The molecule has 0 aromatic heterocycles. The number of benzene rings is 1. The monoisotopic (exact) mass is 261 g/mol. The molecule has 0 saturated carbocycles. The molecule has 0 radical (unpaired) electrons. The highest BCUT2D eigenvalue weighted by molar-refractivity contribution is 5.83. The first-order valence-corrected chi connectivity index (χ1v) is 6.87. The molecule has 1 aliphatic heterocycles. The van der Waals surface area contributed by atoms with Gasteiger partial charge in [-0.1, -0.05) is 6.07 Å². The van der Waals surface area contributed by atoms with Crippen molar-refractivity contribution in [1.82, 2.24) is 4.90 Å². The molecule has 1 heterocycles. The van der Waals surface area contributed by atoms with Crippen LogP contribution in [0.5, 0.6) is 5.75 Å². The van der Waals surface area contributed by atoms with Crippen molar-refractivity contribution in [2.75, 3.05) is 13.6 Å². The van der Waals surface area contributed by atoms with Gasteiger partial charge in [0.05, 0.1) is 6.10 Å². The summed E-state index contributed by atoms with van der Waals surface area (Å²) in [6, 6.07) is 5.76. The Labute approximate surface area is 113 Å². The van der Waals surface area contributed by atoms with Gasteiger partial charge in [0, 0.05) is 20.0 Å². The number of aliphatic hydroxyl groups is 1. The van der Waals surface area contributed by atoms with Gasteiger partial charge in [-0.25, -0.2) is 0 Å². The summed E-state index contributed by atoms with van der Waals surface area (Å²) in [6.07, 6.45) is 2.85. The van der Waals surface area contributed by atoms with Crippen molar-refractivity contribution in [1.29, 1.82) is 0 Å². The Morgan fingerprint density at radius 2 is 2.21 bits per heavy atom. The number of ether oxygens (including phenoxy) is 1. The first kappa shape index (κ1) is 12.5. The number of rotatable bonds is 2. The molecule has 0 bridgehead atoms. The molecule has 1 aromatic carbocycles. The molecule has 1 fully saturated rings. The van der Waals surface area contributed by atoms with Gasteiger partial charge in [-0.3, -0.25) is 4.79 Å². The van der Waals surface area contributed by atoms with Crippen molar-refractivity contribution in [3.05, 3.63) is 29.3 Å². The first-order chi connectivity index (χ1) is 9.15. The van der Waals surface area contributed by atoms with Crippen LogP contribution in [0.25, 0.3) is 0 Å². The highest BCUT2D eigenvalue weighted by atomic mass is 16.5. The van der Waals surface area contributed by atoms with Crippen molar-refractivity contribution in [3.63, 3.8) is 0 Å². The zero-order chi connectivity index (χ0) is 13.4. The van der Waals surface area contributed by atoms with Gasteiger partial charge >= 0.3 is 0 Å². The summed E-state index contributed by atoms with van der Waals surface area (Å²) in [4.78, 5) is 13.5. The van der Waals surface area contributed by atoms with E-state index in [1.807, 2.05) is 18.2 Å². The molecule has 3 rings (SSSR count). The van der Waals surface area contributed by atoms with E-state index in [4.69, 9.17) is 4.74 Å². The van der Waals surface area contributed by atoms with Crippen LogP contribution in [0.1, 0.15) is 36.5 Å². The van der Waals surface area contributed by atoms with Crippen LogP contribution >= 0.6 is 0 Å². The highest BCUT2D eigenvalue weighted by Gasteiger charge is 2.31. The zero-order valence-electron chi connectivity index (χ0n) is 11.1. The fraction of sp³-hybridized carbons (Fsp3) is 0.533. The maximum atomic E-state index is 11.8. The maximum absolute atomic E-state index is 11.8. The number of hydrogen-bond acceptors (Lipinski definition) is 3. The van der Waals surface area contributed by atoms with Gasteiger partial charge in [-0.05, 0) is 42.5 Å². The van der Waals surface area contributed by atoms with E-state index in [0.29, 0.717) is 0 Å². The SMILES string of the molecule is CN1CCC(Oc2ccc3c(c2)CCCC3O)C1=O. The fourth-order valence-corrected chi connectivity index (χ4v) is 2.90. The number of aryl methyl sites for hydroxylation is 1. The van der Waals surface area contributed by atoms with E-state index in [-0.39, 0.29) is 18.1 Å². The van der Waals surface area contributed by atoms with Gasteiger partial charge in [0.25, 0.3) is 5.91 Å². The molecule has 102 valence electrons. The van der Waals surface area contributed by atoms with E-state index in [1.165, 1.54) is 0 Å². The van der Waals surface area contributed by atoms with Crippen molar-refractivity contribution >= 4 is 5.91 Å². The summed E-state index contributed by atoms with van der Waals surface area (Å²) >= 11 is 0. The lowest BCUT2D eigenvalue weighted by Crippen LogP contribution is -2.29. The number of carbonyl (C=O) groups excluding carboxylic acids is 1. The largest absolute Gasteiger partial charge is 0.481 e. The van der Waals surface area contributed by atoms with E-state index in [1.54, 1.807) is 11.9 Å². The minimum Gasteiger partial charge on any atom is -0.481 e. The molecule has 4 nitrogen and oxygen atoms in total. The predicted molar refractivity (Wildman–Crippen MR) is 71.0 cm³/mol. The first-order valence-electron chi connectivity index (χ1n) is 6.87. The Bertz CT molecular complexity index is 500. The average Bonchev–Trinajstić information content (AvgIpc) is 2.71. The number of likely N-dealkylation sites (N-methyl/N-ethyl adjacent to an activating group) is 1. The topological polar surface area (TPSA) is 49.8 Å². The number of amides is 1. The number of likely N-dealkylation sites (tertiary alicyclic amines) is 1. The van der Waals surface area contributed by atoms with Gasteiger partial charge in [0.15, 0.2) is 6.10 Å². The fourth-order valence-electron chi connectivity index (χ4n) is 2.90. The Balaban J connectivity index is 1.77. The third-order valence-corrected chi connectivity index (χ3v) is 4.05. The minimum atomic E-state index is -0.350. The lowest BCUT2D eigenvalue weighted by molar-refractivity contribution is -0.132. The lowest BCUT2D eigenvalue weighted by atomic mass is 9.89. The van der Waals surface area contributed by atoms with Crippen LogP contribution in [0, 0.1) is 0 Å². The smallest absolute Gasteiger partial charge is 0.263 e. The van der Waals surface area contributed by atoms with Crippen LogP contribution in [0.15, 0.2) is 18.2 Å². The van der Waals surface area contributed by atoms with Crippen LogP contribution < -0.4 is 4.74 Å². The summed E-state index contributed by atoms with van der Waals surface area (Å²) in [6.45, 7) is 0.757. The molecule has 1 aliphatic carbocycles. The second-order valence-corrected chi connectivity index (χ2v) is 5.42. The summed E-state index contributed by atoms with van der Waals surface area (Å²) < 4.78 is 5.79. The van der Waals surface area contributed by atoms with Crippen molar-refractivity contribution < 1.29 is 14.6 Å². The molecule has 1 aromatic rings. The van der Waals surface area contributed by atoms with E-state index in [9.17, 15) is 9.90 Å². The standard InChI is InChI=1S/C15H19NO3/c1-16-8-7-14(15(16)18)19-11-5-6-12-10(9-11)3-2-4-13(12)17/h5-6,9,13-14,17H,2-4,7-8H2,1H3. The molecule has 2 atom stereocenters. The number of aliphatic hydroxyl groups excluding tert-OH is 1. The van der Waals surface area contributed by atoms with Crippen molar-refractivity contribution in [3.8, 4) is 5.75 Å². The van der Waals surface area contributed by atoms with Crippen LogP contribution in [-0.2, 0) is 11.2 Å². The zero-order valence-corrected chi connectivity index (χ0v) is 11.1. The third kappa shape index (κ3) is 2.32. The quantitative estimate of drug-likeness (QED) is 0.881. The molecular weight excluding hydrogens is 242 g/mol. The van der Waals surface area contributed by atoms with Gasteiger partial charge in [-0.2, -0.15) is 0 Å². The Morgan fingerprint density at radius 3 is 2.95 bits per heavy atom. The number of fused-ring (bicyclic) bond motifs is 1. The Morgan fingerprint density at radius 1 is 1.37 bits per heavy atom. The Kier molecular flexibility index (Phi) is 3.19. The molecule has 2 unspecified atom stereocenters. The average molecular weight is 261 g/mol. The Hall–Kier alpha value is -1.55. The molecule has 4 heteroatoms. The number of carbonyl (C=O) groups is 1. The molecule has 0 spiro atoms. The number of hydrogen-bond donors (Lipinski definition) is 1. The van der Waals surface area contributed by atoms with E-state index in [0.717, 1.165) is 49.1 Å². The molecule has 1 saturated heterocycles. The van der Waals surface area contributed by atoms with Crippen LogP contribution in [0.3, 0.4) is 0 Å². The van der Waals surface area contributed by atoms with E-state index < -0.39 is 0 Å². The van der Waals surface area contributed by atoms with Crippen LogP contribution in [0.4, 0.5) is 0 Å². The van der Waals surface area contributed by atoms with E-state index >= 15 is 0 Å². The van der Waals surface area contributed by atoms with Crippen molar-refractivity contribution in [2.45, 2.75) is 37.9 Å². The molecule has 2 aliphatic rings. The second-order valence-electron chi connectivity index (χ2n) is 5.42. The normalized spacial score (nSPS) is 26.4. The summed E-state index contributed by atoms with van der Waals surface area (Å²) in [5.41, 5.74) is 2.16. The van der Waals surface area contributed by atoms with Gasteiger partial charge in [0.1, 0.15) is 5.75 Å². The molecule has 1 N–H and O–H groups in total.